The first-order valence-corrected chi connectivity index (χ1v) is 11.5. The molecule has 30 heavy (non-hydrogen) atoms. The molecule has 2 aliphatic rings. The Bertz CT molecular complexity index is 1160. The topological polar surface area (TPSA) is 46.8 Å². The van der Waals surface area contributed by atoms with Gasteiger partial charge < -0.3 is 14.0 Å². The quantitative estimate of drug-likeness (QED) is 0.337. The molecule has 4 aromatic rings. The van der Waals surface area contributed by atoms with Gasteiger partial charge >= 0.3 is 0 Å². The van der Waals surface area contributed by atoms with Gasteiger partial charge in [0.25, 0.3) is 0 Å². The van der Waals surface area contributed by atoms with Crippen LogP contribution >= 0.6 is 11.3 Å². The normalized spacial score (nSPS) is 16.5. The van der Waals surface area contributed by atoms with Crippen molar-refractivity contribution in [3.63, 3.8) is 0 Å². The number of rotatable bonds is 0. The summed E-state index contributed by atoms with van der Waals surface area (Å²) in [5.41, 5.74) is 10.9. The number of hydrogen-bond acceptors (Lipinski definition) is 3. The van der Waals surface area contributed by atoms with Crippen molar-refractivity contribution in [2.24, 2.45) is 7.05 Å². The van der Waals surface area contributed by atoms with Gasteiger partial charge in [-0.05, 0) is 86.1 Å². The molecule has 0 amide bonds. The number of imidazole rings is 1. The molecule has 1 N–H and O–H groups in total. The van der Waals surface area contributed by atoms with E-state index in [1.54, 1.807) is 16.9 Å². The third-order valence-electron chi connectivity index (χ3n) is 6.21. The second-order valence-electron chi connectivity index (χ2n) is 8.55. The third kappa shape index (κ3) is 3.79. The summed E-state index contributed by atoms with van der Waals surface area (Å²) in [6, 6.07) is 0. The van der Waals surface area contributed by atoms with Crippen molar-refractivity contribution in [1.29, 1.82) is 0 Å². The molecule has 0 fully saturated rings. The lowest BCUT2D eigenvalue weighted by atomic mass is 10.0. The Balaban J connectivity index is 0.000000109. The number of aryl methyl sites for hydroxylation is 5. The fourth-order valence-electron chi connectivity index (χ4n) is 4.42. The standard InChI is InChI=1S/C9H13N.C9H10O.C7H8N2S/c1-6-3-4-8-9(6)7(2)5-10-8;1-6-3-4-8-7(2)5-10-9(6)8;1-5-3-10-7-6(5)8-4-9(7)2/h5-6,10H,3-4H2,1-2H3;3,5H,4H2,1-2H3;3-4H,1-2H3. The highest BCUT2D eigenvalue weighted by atomic mass is 32.1. The molecule has 0 bridgehead atoms. The van der Waals surface area contributed by atoms with Gasteiger partial charge in [-0.3, -0.25) is 0 Å². The Hall–Kier alpha value is -2.53. The fraction of sp³-hybridized carbons (Fsp3) is 0.400. The lowest BCUT2D eigenvalue weighted by Crippen LogP contribution is -1.85. The predicted octanol–water partition coefficient (Wildman–Crippen LogP) is 6.86. The zero-order chi connectivity index (χ0) is 21.4. The Morgan fingerprint density at radius 3 is 2.67 bits per heavy atom. The number of H-pyrrole nitrogens is 1. The van der Waals surface area contributed by atoms with Gasteiger partial charge in [0, 0.05) is 24.5 Å². The predicted molar refractivity (Wildman–Crippen MR) is 126 cm³/mol. The number of thiophene rings is 1. The van der Waals surface area contributed by atoms with Gasteiger partial charge in [-0.1, -0.05) is 13.0 Å². The van der Waals surface area contributed by atoms with Crippen LogP contribution in [0.2, 0.25) is 0 Å². The Morgan fingerprint density at radius 2 is 1.97 bits per heavy atom. The van der Waals surface area contributed by atoms with Crippen molar-refractivity contribution in [1.82, 2.24) is 14.5 Å². The van der Waals surface area contributed by atoms with Gasteiger partial charge in [-0.15, -0.1) is 11.3 Å². The maximum Gasteiger partial charge on any atom is 0.133 e. The van der Waals surface area contributed by atoms with Crippen molar-refractivity contribution in [3.05, 3.63) is 69.5 Å². The van der Waals surface area contributed by atoms with Gasteiger partial charge in [0.1, 0.15) is 16.1 Å². The van der Waals surface area contributed by atoms with E-state index in [0.29, 0.717) is 0 Å². The van der Waals surface area contributed by atoms with Gasteiger partial charge in [-0.2, -0.15) is 0 Å². The van der Waals surface area contributed by atoms with Crippen molar-refractivity contribution < 1.29 is 4.42 Å². The molecule has 4 aromatic heterocycles. The maximum absolute atomic E-state index is 5.35. The van der Waals surface area contributed by atoms with Crippen LogP contribution in [-0.2, 0) is 19.9 Å². The molecular weight excluding hydrogens is 390 g/mol. The average molecular weight is 422 g/mol. The summed E-state index contributed by atoms with van der Waals surface area (Å²) in [6.07, 6.45) is 11.7. The van der Waals surface area contributed by atoms with Crippen LogP contribution in [0.25, 0.3) is 15.9 Å². The van der Waals surface area contributed by atoms with Crippen LogP contribution in [0, 0.1) is 20.8 Å². The lowest BCUT2D eigenvalue weighted by Gasteiger charge is -2.00. The minimum atomic E-state index is 0.793. The largest absolute Gasteiger partial charge is 0.464 e. The van der Waals surface area contributed by atoms with E-state index in [1.165, 1.54) is 51.2 Å². The summed E-state index contributed by atoms with van der Waals surface area (Å²) < 4.78 is 7.40. The molecule has 4 heterocycles. The SMILES string of the molecule is CC1=CCc2c(C)coc21.Cc1c[nH]c2c1C(C)CC2.Cc1csc2c1ncn2C. The first kappa shape index (κ1) is 20.7. The molecule has 0 radical (unpaired) electrons. The van der Waals surface area contributed by atoms with E-state index in [2.05, 4.69) is 62.2 Å². The molecule has 0 aliphatic heterocycles. The first-order chi connectivity index (χ1) is 14.4. The van der Waals surface area contributed by atoms with E-state index < -0.39 is 0 Å². The number of nitrogens with one attached hydrogen (secondary N) is 1. The highest BCUT2D eigenvalue weighted by molar-refractivity contribution is 7.16. The van der Waals surface area contributed by atoms with Gasteiger partial charge in [0.05, 0.1) is 12.6 Å². The Labute approximate surface area is 182 Å². The summed E-state index contributed by atoms with van der Waals surface area (Å²) in [4.78, 5) is 8.83. The number of fused-ring (bicyclic) bond motifs is 3. The molecule has 0 saturated carbocycles. The van der Waals surface area contributed by atoms with Crippen molar-refractivity contribution >= 4 is 27.3 Å². The molecule has 4 nitrogen and oxygen atoms in total. The highest BCUT2D eigenvalue weighted by Gasteiger charge is 2.21. The smallest absolute Gasteiger partial charge is 0.133 e. The zero-order valence-corrected chi connectivity index (χ0v) is 19.6. The summed E-state index contributed by atoms with van der Waals surface area (Å²) >= 11 is 1.75. The van der Waals surface area contributed by atoms with E-state index in [4.69, 9.17) is 4.42 Å². The van der Waals surface area contributed by atoms with E-state index in [0.717, 1.165) is 23.6 Å². The van der Waals surface area contributed by atoms with E-state index >= 15 is 0 Å². The summed E-state index contributed by atoms with van der Waals surface area (Å²) in [5, 5.41) is 2.14. The Kier molecular flexibility index (Phi) is 5.74. The molecular formula is C25H31N3OS. The van der Waals surface area contributed by atoms with Crippen molar-refractivity contribution in [2.75, 3.05) is 0 Å². The lowest BCUT2D eigenvalue weighted by molar-refractivity contribution is 0.550. The van der Waals surface area contributed by atoms with Gasteiger partial charge in [0.15, 0.2) is 0 Å². The molecule has 6 rings (SSSR count). The molecule has 1 atom stereocenters. The summed E-state index contributed by atoms with van der Waals surface area (Å²) in [7, 11) is 2.02. The number of aromatic amines is 1. The Morgan fingerprint density at radius 1 is 1.17 bits per heavy atom. The second-order valence-corrected chi connectivity index (χ2v) is 9.41. The van der Waals surface area contributed by atoms with Crippen LogP contribution in [-0.4, -0.2) is 14.5 Å². The molecule has 2 aliphatic carbocycles. The van der Waals surface area contributed by atoms with Crippen LogP contribution in [0.4, 0.5) is 0 Å². The summed E-state index contributed by atoms with van der Waals surface area (Å²) in [5.74, 6) is 1.89. The number of nitrogens with zero attached hydrogens (tertiary/aromatic N) is 2. The van der Waals surface area contributed by atoms with Crippen LogP contribution in [0.1, 0.15) is 65.5 Å². The molecule has 5 heteroatoms. The monoisotopic (exact) mass is 421 g/mol. The third-order valence-corrected chi connectivity index (χ3v) is 7.39. The molecule has 158 valence electrons. The van der Waals surface area contributed by atoms with Gasteiger partial charge in [0.2, 0.25) is 0 Å². The molecule has 0 saturated heterocycles. The first-order valence-electron chi connectivity index (χ1n) is 10.6. The van der Waals surface area contributed by atoms with Crippen molar-refractivity contribution in [2.45, 2.75) is 59.8 Å². The second kappa shape index (κ2) is 8.31. The van der Waals surface area contributed by atoms with Gasteiger partial charge in [-0.25, -0.2) is 4.98 Å². The number of aromatic nitrogens is 3. The maximum atomic E-state index is 5.35. The zero-order valence-electron chi connectivity index (χ0n) is 18.8. The van der Waals surface area contributed by atoms with Crippen LogP contribution in [0.3, 0.4) is 0 Å². The minimum absolute atomic E-state index is 0.793. The van der Waals surface area contributed by atoms with E-state index in [1.807, 2.05) is 24.2 Å². The minimum Gasteiger partial charge on any atom is -0.464 e. The van der Waals surface area contributed by atoms with E-state index in [9.17, 15) is 0 Å². The number of furan rings is 1. The fourth-order valence-corrected chi connectivity index (χ4v) is 5.36. The average Bonchev–Trinajstić information content (AvgIpc) is 3.52. The molecule has 1 unspecified atom stereocenters. The highest BCUT2D eigenvalue weighted by Crippen LogP contribution is 2.34. The molecule has 0 spiro atoms. The number of allylic oxidation sites excluding steroid dienone is 2. The van der Waals surface area contributed by atoms with Crippen molar-refractivity contribution in [3.8, 4) is 0 Å². The molecule has 0 aromatic carbocycles. The van der Waals surface area contributed by atoms with Crippen LogP contribution in [0.15, 0.2) is 34.7 Å². The number of hydrogen-bond donors (Lipinski definition) is 1. The van der Waals surface area contributed by atoms with Crippen LogP contribution in [0.5, 0.6) is 0 Å². The summed E-state index contributed by atoms with van der Waals surface area (Å²) in [6.45, 7) is 10.8. The van der Waals surface area contributed by atoms with Crippen LogP contribution < -0.4 is 0 Å². The van der Waals surface area contributed by atoms with E-state index in [-0.39, 0.29) is 0 Å².